The van der Waals surface area contributed by atoms with Gasteiger partial charge in [0.15, 0.2) is 17.2 Å². The average Bonchev–Trinajstić information content (AvgIpc) is 2.82. The van der Waals surface area contributed by atoms with Crippen LogP contribution in [0.25, 0.3) is 0 Å². The Labute approximate surface area is 200 Å². The third-order valence-electron chi connectivity index (χ3n) is 6.13. The molecule has 0 amide bonds. The average molecular weight is 456 g/mol. The molecule has 4 aromatic rings. The molecule has 0 spiro atoms. The summed E-state index contributed by atoms with van der Waals surface area (Å²) >= 11 is 0. The second-order valence-corrected chi connectivity index (χ2v) is 8.63. The highest BCUT2D eigenvalue weighted by molar-refractivity contribution is 5.85. The lowest BCUT2D eigenvalue weighted by Gasteiger charge is -2.30. The van der Waals surface area contributed by atoms with Gasteiger partial charge in [-0.15, -0.1) is 0 Å². The zero-order chi connectivity index (χ0) is 24.6. The van der Waals surface area contributed by atoms with Gasteiger partial charge in [0.05, 0.1) is 17.1 Å². The Balaban J connectivity index is 1.97. The molecule has 0 bridgehead atoms. The minimum Gasteiger partial charge on any atom is -0.507 e. The zero-order valence-corrected chi connectivity index (χ0v) is 20.0. The maximum atomic E-state index is 10.7. The summed E-state index contributed by atoms with van der Waals surface area (Å²) in [4.78, 5) is 1.96. The van der Waals surface area contributed by atoms with Crippen molar-refractivity contribution in [2.24, 2.45) is 0 Å². The van der Waals surface area contributed by atoms with Crippen LogP contribution in [0.5, 0.6) is 28.7 Å². The fourth-order valence-electron chi connectivity index (χ4n) is 4.07. The van der Waals surface area contributed by atoms with Gasteiger partial charge in [-0.3, -0.25) is 0 Å². The molecule has 0 aliphatic rings. The Morgan fingerprint density at radius 1 is 0.588 bits per heavy atom. The van der Waals surface area contributed by atoms with Crippen LogP contribution in [-0.4, -0.2) is 15.3 Å². The fourth-order valence-corrected chi connectivity index (χ4v) is 4.07. The van der Waals surface area contributed by atoms with E-state index in [0.717, 1.165) is 28.1 Å². The summed E-state index contributed by atoms with van der Waals surface area (Å²) in [6.45, 7) is 9.38. The second kappa shape index (κ2) is 9.02. The Hall–Kier alpha value is -4.12. The molecule has 0 radical (unpaired) electrons. The van der Waals surface area contributed by atoms with Crippen LogP contribution < -0.4 is 9.64 Å². The maximum Gasteiger partial charge on any atom is 0.169 e. The number of benzene rings is 4. The van der Waals surface area contributed by atoms with E-state index in [1.54, 1.807) is 12.1 Å². The normalized spacial score (nSPS) is 10.9. The van der Waals surface area contributed by atoms with Crippen molar-refractivity contribution in [3.63, 3.8) is 0 Å². The van der Waals surface area contributed by atoms with Gasteiger partial charge in [-0.2, -0.15) is 0 Å². The monoisotopic (exact) mass is 455 g/mol. The lowest BCUT2D eigenvalue weighted by atomic mass is 10.0. The number of aromatic hydroxyl groups is 3. The summed E-state index contributed by atoms with van der Waals surface area (Å²) in [5.41, 5.74) is 6.11. The maximum absolute atomic E-state index is 10.7. The highest BCUT2D eigenvalue weighted by Gasteiger charge is 2.23. The molecule has 0 aromatic heterocycles. The lowest BCUT2D eigenvalue weighted by Crippen LogP contribution is -2.14. The summed E-state index contributed by atoms with van der Waals surface area (Å²) < 4.78 is 6.22. The third kappa shape index (κ3) is 4.13. The number of nitrogens with zero attached hydrogens (tertiary/aromatic N) is 1. The number of anilines is 3. The largest absolute Gasteiger partial charge is 0.507 e. The van der Waals surface area contributed by atoms with Crippen LogP contribution >= 0.6 is 0 Å². The van der Waals surface area contributed by atoms with E-state index in [2.05, 4.69) is 0 Å². The molecule has 5 nitrogen and oxygen atoms in total. The van der Waals surface area contributed by atoms with Crippen molar-refractivity contribution in [1.29, 1.82) is 0 Å². The van der Waals surface area contributed by atoms with Gasteiger partial charge in [0.25, 0.3) is 0 Å². The summed E-state index contributed by atoms with van der Waals surface area (Å²) in [7, 11) is 0. The number of aryl methyl sites for hydroxylation is 3. The van der Waals surface area contributed by atoms with Gasteiger partial charge in [-0.25, -0.2) is 0 Å². The minimum absolute atomic E-state index is 0.0419. The van der Waals surface area contributed by atoms with Crippen molar-refractivity contribution in [2.75, 3.05) is 4.90 Å². The quantitative estimate of drug-likeness (QED) is 0.289. The lowest BCUT2D eigenvalue weighted by molar-refractivity contribution is 0.411. The predicted octanol–water partition coefficient (Wildman–Crippen LogP) is 7.61. The first-order valence-corrected chi connectivity index (χ1v) is 11.1. The highest BCUT2D eigenvalue weighted by atomic mass is 16.5. The van der Waals surface area contributed by atoms with Crippen molar-refractivity contribution >= 4 is 17.1 Å². The van der Waals surface area contributed by atoms with Crippen molar-refractivity contribution in [2.45, 2.75) is 34.6 Å². The molecule has 0 saturated carbocycles. The van der Waals surface area contributed by atoms with Crippen molar-refractivity contribution in [3.8, 4) is 28.7 Å². The van der Waals surface area contributed by atoms with Crippen molar-refractivity contribution < 1.29 is 20.1 Å². The number of phenolic OH excluding ortho intramolecular Hbond substituents is 3. The molecule has 0 saturated heterocycles. The molecule has 0 unspecified atom stereocenters. The van der Waals surface area contributed by atoms with Crippen LogP contribution in [0.15, 0.2) is 66.7 Å². The molecule has 4 aromatic carbocycles. The topological polar surface area (TPSA) is 73.2 Å². The molecule has 5 heteroatoms. The smallest absolute Gasteiger partial charge is 0.169 e. The van der Waals surface area contributed by atoms with E-state index in [9.17, 15) is 15.3 Å². The van der Waals surface area contributed by atoms with E-state index >= 15 is 0 Å². The van der Waals surface area contributed by atoms with Crippen LogP contribution in [0.3, 0.4) is 0 Å². The number of ether oxygens (including phenoxy) is 1. The molecular formula is C29H29NO4. The van der Waals surface area contributed by atoms with Gasteiger partial charge >= 0.3 is 0 Å². The Kier molecular flexibility index (Phi) is 6.12. The van der Waals surface area contributed by atoms with Gasteiger partial charge < -0.3 is 25.0 Å². The molecular weight excluding hydrogens is 426 g/mol. The summed E-state index contributed by atoms with van der Waals surface area (Å²) in [6.07, 6.45) is 0. The molecule has 0 atom stereocenters. The van der Waals surface area contributed by atoms with Gasteiger partial charge in [0.2, 0.25) is 0 Å². The van der Waals surface area contributed by atoms with E-state index in [0.29, 0.717) is 28.3 Å². The van der Waals surface area contributed by atoms with Crippen LogP contribution in [-0.2, 0) is 0 Å². The molecule has 3 N–H and O–H groups in total. The van der Waals surface area contributed by atoms with Crippen molar-refractivity contribution in [3.05, 3.63) is 94.5 Å². The molecule has 174 valence electrons. The van der Waals surface area contributed by atoms with Crippen LogP contribution in [0.1, 0.15) is 27.8 Å². The molecule has 0 aliphatic carbocycles. The van der Waals surface area contributed by atoms with Gasteiger partial charge in [0.1, 0.15) is 11.5 Å². The van der Waals surface area contributed by atoms with E-state index in [1.807, 2.05) is 94.1 Å². The van der Waals surface area contributed by atoms with Crippen LogP contribution in [0, 0.1) is 34.6 Å². The standard InChI is InChI=1S/C29H29NO4/c1-17-10-15-25(31)27(16-17)34-26-9-7-6-8-24(26)30(22-13-11-18(2)28(32)20(22)4)23-14-12-19(3)29(33)21(23)5/h6-16,31-33H,1-5H3. The van der Waals surface area contributed by atoms with E-state index in [1.165, 1.54) is 0 Å². The number of rotatable bonds is 5. The molecule has 34 heavy (non-hydrogen) atoms. The second-order valence-electron chi connectivity index (χ2n) is 8.63. The third-order valence-corrected chi connectivity index (χ3v) is 6.13. The molecule has 0 heterocycles. The van der Waals surface area contributed by atoms with Gasteiger partial charge in [-0.1, -0.05) is 30.3 Å². The number of hydrogen-bond donors (Lipinski definition) is 3. The molecule has 0 fully saturated rings. The first kappa shape index (κ1) is 23.1. The number of hydrogen-bond acceptors (Lipinski definition) is 5. The molecule has 4 rings (SSSR count). The minimum atomic E-state index is 0.0419. The Morgan fingerprint density at radius 2 is 1.15 bits per heavy atom. The SMILES string of the molecule is Cc1ccc(O)c(Oc2ccccc2N(c2ccc(C)c(O)c2C)c2ccc(C)c(O)c2C)c1. The Morgan fingerprint density at radius 3 is 1.74 bits per heavy atom. The Bertz CT molecular complexity index is 1320. The van der Waals surface area contributed by atoms with Gasteiger partial charge in [-0.05, 0) is 87.7 Å². The summed E-state index contributed by atoms with van der Waals surface area (Å²) in [6, 6.07) is 20.3. The highest BCUT2D eigenvalue weighted by Crippen LogP contribution is 2.47. The number of para-hydroxylation sites is 2. The van der Waals surface area contributed by atoms with Gasteiger partial charge in [0, 0.05) is 11.1 Å². The summed E-state index contributed by atoms with van der Waals surface area (Å²) in [5.74, 6) is 1.33. The first-order valence-electron chi connectivity index (χ1n) is 11.1. The predicted molar refractivity (Wildman–Crippen MR) is 136 cm³/mol. The number of phenols is 3. The zero-order valence-electron chi connectivity index (χ0n) is 20.0. The van der Waals surface area contributed by atoms with E-state index in [4.69, 9.17) is 4.74 Å². The fraction of sp³-hybridized carbons (Fsp3) is 0.172. The van der Waals surface area contributed by atoms with Crippen LogP contribution in [0.2, 0.25) is 0 Å². The van der Waals surface area contributed by atoms with Crippen LogP contribution in [0.4, 0.5) is 17.1 Å². The van der Waals surface area contributed by atoms with Crippen molar-refractivity contribution in [1.82, 2.24) is 0 Å². The first-order chi connectivity index (χ1) is 16.2. The van der Waals surface area contributed by atoms with E-state index < -0.39 is 0 Å². The molecule has 0 aliphatic heterocycles. The summed E-state index contributed by atoms with van der Waals surface area (Å²) in [5, 5.41) is 31.8. The van der Waals surface area contributed by atoms with E-state index in [-0.39, 0.29) is 17.2 Å².